The number of allylic oxidation sites excluding steroid dienone is 1. The van der Waals surface area contributed by atoms with Gasteiger partial charge < -0.3 is 15.5 Å². The Morgan fingerprint density at radius 2 is 1.73 bits per heavy atom. The van der Waals surface area contributed by atoms with Crippen molar-refractivity contribution in [3.63, 3.8) is 0 Å². The van der Waals surface area contributed by atoms with Gasteiger partial charge in [0.05, 0.1) is 17.2 Å². The third kappa shape index (κ3) is 4.35. The van der Waals surface area contributed by atoms with Crippen molar-refractivity contribution >= 4 is 23.2 Å². The Balaban J connectivity index is 2.47. The van der Waals surface area contributed by atoms with Crippen molar-refractivity contribution < 1.29 is 18.0 Å². The Hall–Kier alpha value is -2.09. The second-order valence-corrected chi connectivity index (χ2v) is 7.65. The summed E-state index contributed by atoms with van der Waals surface area (Å²) in [6.07, 6.45) is -4.41. The molecule has 142 valence electrons. The Kier molecular flexibility index (Phi) is 5.37. The molecule has 26 heavy (non-hydrogen) atoms. The maximum absolute atomic E-state index is 12.8. The molecule has 1 aromatic carbocycles. The molecule has 8 heteroatoms. The summed E-state index contributed by atoms with van der Waals surface area (Å²) in [5, 5.41) is 6.35. The number of thiocarbonyl (C=S) groups is 1. The highest BCUT2D eigenvalue weighted by Crippen LogP contribution is 2.33. The smallest absolute Gasteiger partial charge is 0.351 e. The molecule has 1 atom stereocenters. The van der Waals surface area contributed by atoms with Crippen molar-refractivity contribution in [1.82, 2.24) is 15.5 Å². The molecule has 1 aliphatic rings. The minimum absolute atomic E-state index is 0.290. The second-order valence-electron chi connectivity index (χ2n) is 7.26. The number of benzene rings is 1. The van der Waals surface area contributed by atoms with Crippen LogP contribution in [0.4, 0.5) is 13.2 Å². The molecule has 0 aromatic heterocycles. The number of nitrogens with one attached hydrogen (secondary N) is 2. The van der Waals surface area contributed by atoms with Gasteiger partial charge in [-0.05, 0) is 57.6 Å². The van der Waals surface area contributed by atoms with E-state index in [4.69, 9.17) is 12.2 Å². The van der Waals surface area contributed by atoms with Gasteiger partial charge in [-0.15, -0.1) is 0 Å². The average Bonchev–Trinajstić information content (AvgIpc) is 2.49. The minimum atomic E-state index is -4.41. The predicted octanol–water partition coefficient (Wildman–Crippen LogP) is 3.76. The van der Waals surface area contributed by atoms with E-state index in [0.717, 1.165) is 12.1 Å². The van der Waals surface area contributed by atoms with E-state index in [9.17, 15) is 18.0 Å². The van der Waals surface area contributed by atoms with Gasteiger partial charge in [0.15, 0.2) is 5.11 Å². The number of alkyl halides is 3. The fourth-order valence-electron chi connectivity index (χ4n) is 2.65. The highest BCUT2D eigenvalue weighted by molar-refractivity contribution is 7.80. The zero-order valence-corrected chi connectivity index (χ0v) is 16.1. The molecule has 0 unspecified atom stereocenters. The SMILES string of the molecule is CC1=C(C(=O)NC(C)(C)C)[C@@H](c2ccc(C(F)(F)F)cc2)NC(=S)N1C. The maximum atomic E-state index is 12.8. The lowest BCUT2D eigenvalue weighted by molar-refractivity contribution is -0.137. The first-order valence-corrected chi connectivity index (χ1v) is 8.47. The van der Waals surface area contributed by atoms with Gasteiger partial charge in [0.1, 0.15) is 0 Å². The van der Waals surface area contributed by atoms with Gasteiger partial charge in [0.25, 0.3) is 5.91 Å². The largest absolute Gasteiger partial charge is 0.416 e. The van der Waals surface area contributed by atoms with E-state index in [1.54, 1.807) is 18.9 Å². The number of amides is 1. The quantitative estimate of drug-likeness (QED) is 0.761. The summed E-state index contributed by atoms with van der Waals surface area (Å²) in [6, 6.07) is 4.13. The van der Waals surface area contributed by atoms with E-state index in [0.29, 0.717) is 21.9 Å². The number of halogens is 3. The second kappa shape index (κ2) is 6.90. The van der Waals surface area contributed by atoms with Gasteiger partial charge in [-0.25, -0.2) is 0 Å². The van der Waals surface area contributed by atoms with Gasteiger partial charge in [0, 0.05) is 18.3 Å². The molecular weight excluding hydrogens is 363 g/mol. The summed E-state index contributed by atoms with van der Waals surface area (Å²) in [6.45, 7) is 7.34. The van der Waals surface area contributed by atoms with Gasteiger partial charge in [0.2, 0.25) is 0 Å². The van der Waals surface area contributed by atoms with Crippen molar-refractivity contribution in [3.8, 4) is 0 Å². The molecule has 4 nitrogen and oxygen atoms in total. The van der Waals surface area contributed by atoms with Crippen LogP contribution in [-0.4, -0.2) is 28.5 Å². The molecule has 0 saturated carbocycles. The number of rotatable bonds is 2. The first-order valence-electron chi connectivity index (χ1n) is 8.06. The normalized spacial score (nSPS) is 18.7. The van der Waals surface area contributed by atoms with Gasteiger partial charge in [-0.3, -0.25) is 4.79 Å². The van der Waals surface area contributed by atoms with E-state index in [-0.39, 0.29) is 5.91 Å². The molecule has 0 saturated heterocycles. The van der Waals surface area contributed by atoms with E-state index < -0.39 is 23.3 Å². The first-order chi connectivity index (χ1) is 11.8. The average molecular weight is 385 g/mol. The van der Waals surface area contributed by atoms with Gasteiger partial charge >= 0.3 is 6.18 Å². The maximum Gasteiger partial charge on any atom is 0.416 e. The van der Waals surface area contributed by atoms with Crippen LogP contribution in [0.2, 0.25) is 0 Å². The molecular formula is C18H22F3N3OS. The van der Waals surface area contributed by atoms with Crippen molar-refractivity contribution in [1.29, 1.82) is 0 Å². The third-order valence-electron chi connectivity index (χ3n) is 4.06. The van der Waals surface area contributed by atoms with Crippen molar-refractivity contribution in [2.75, 3.05) is 7.05 Å². The first kappa shape index (κ1) is 20.2. The molecule has 2 N–H and O–H groups in total. The number of hydrogen-bond donors (Lipinski definition) is 2. The molecule has 1 heterocycles. The fourth-order valence-corrected chi connectivity index (χ4v) is 2.91. The Morgan fingerprint density at radius 3 is 2.19 bits per heavy atom. The number of carbonyl (C=O) groups is 1. The molecule has 0 fully saturated rings. The predicted molar refractivity (Wildman–Crippen MR) is 98.3 cm³/mol. The molecule has 0 aliphatic carbocycles. The molecule has 2 rings (SSSR count). The highest BCUT2D eigenvalue weighted by Gasteiger charge is 2.35. The third-order valence-corrected chi connectivity index (χ3v) is 4.45. The highest BCUT2D eigenvalue weighted by atomic mass is 32.1. The van der Waals surface area contributed by atoms with Crippen LogP contribution >= 0.6 is 12.2 Å². The lowest BCUT2D eigenvalue weighted by Gasteiger charge is -2.36. The van der Waals surface area contributed by atoms with Crippen LogP contribution in [0.15, 0.2) is 35.5 Å². The van der Waals surface area contributed by atoms with Crippen LogP contribution in [0.1, 0.15) is 44.9 Å². The zero-order chi connectivity index (χ0) is 19.9. The lowest BCUT2D eigenvalue weighted by Crippen LogP contribution is -2.50. The summed E-state index contributed by atoms with van der Waals surface area (Å²) in [4.78, 5) is 14.5. The molecule has 0 bridgehead atoms. The van der Waals surface area contributed by atoms with Crippen LogP contribution in [0, 0.1) is 0 Å². The van der Waals surface area contributed by atoms with Gasteiger partial charge in [-0.1, -0.05) is 12.1 Å². The monoisotopic (exact) mass is 385 g/mol. The molecule has 1 aromatic rings. The van der Waals surface area contributed by atoms with E-state index >= 15 is 0 Å². The number of nitrogens with zero attached hydrogens (tertiary/aromatic N) is 1. The van der Waals surface area contributed by atoms with E-state index in [1.165, 1.54) is 12.1 Å². The Morgan fingerprint density at radius 1 is 1.19 bits per heavy atom. The van der Waals surface area contributed by atoms with Crippen molar-refractivity contribution in [3.05, 3.63) is 46.7 Å². The summed E-state index contributed by atoms with van der Waals surface area (Å²) >= 11 is 5.29. The zero-order valence-electron chi connectivity index (χ0n) is 15.3. The Bertz CT molecular complexity index is 748. The number of carbonyl (C=O) groups excluding carboxylic acids is 1. The topological polar surface area (TPSA) is 44.4 Å². The molecule has 0 spiro atoms. The van der Waals surface area contributed by atoms with E-state index in [2.05, 4.69) is 10.6 Å². The van der Waals surface area contributed by atoms with E-state index in [1.807, 2.05) is 20.8 Å². The molecule has 0 radical (unpaired) electrons. The molecule has 1 amide bonds. The summed E-state index contributed by atoms with van der Waals surface area (Å²) in [5.74, 6) is -0.290. The standard InChI is InChI=1S/C18H22F3N3OS/c1-10-13(15(25)23-17(2,3)4)14(22-16(26)24(10)5)11-6-8-12(9-7-11)18(19,20)21/h6-9,14H,1-5H3,(H,22,26)(H,23,25)/t14-/m1/s1. The minimum Gasteiger partial charge on any atom is -0.351 e. The lowest BCUT2D eigenvalue weighted by atomic mass is 9.93. The van der Waals surface area contributed by atoms with Crippen LogP contribution in [0.5, 0.6) is 0 Å². The summed E-state index contributed by atoms with van der Waals surface area (Å²) < 4.78 is 38.4. The van der Waals surface area contributed by atoms with Gasteiger partial charge in [-0.2, -0.15) is 13.2 Å². The fraction of sp³-hybridized carbons (Fsp3) is 0.444. The number of hydrogen-bond acceptors (Lipinski definition) is 2. The van der Waals surface area contributed by atoms with Crippen LogP contribution < -0.4 is 10.6 Å². The Labute approximate surface area is 156 Å². The molecule has 1 aliphatic heterocycles. The summed E-state index contributed by atoms with van der Waals surface area (Å²) in [5.41, 5.74) is 0.423. The summed E-state index contributed by atoms with van der Waals surface area (Å²) in [7, 11) is 1.73. The van der Waals surface area contributed by atoms with Crippen molar-refractivity contribution in [2.24, 2.45) is 0 Å². The van der Waals surface area contributed by atoms with Crippen LogP contribution in [0.3, 0.4) is 0 Å². The van der Waals surface area contributed by atoms with Crippen molar-refractivity contribution in [2.45, 2.75) is 45.5 Å². The van der Waals surface area contributed by atoms with Crippen LogP contribution in [0.25, 0.3) is 0 Å². The van der Waals surface area contributed by atoms with Crippen LogP contribution in [-0.2, 0) is 11.0 Å².